The Morgan fingerprint density at radius 1 is 0.886 bits per heavy atom. The van der Waals surface area contributed by atoms with Gasteiger partial charge in [0.1, 0.15) is 18.1 Å². The fourth-order valence-electron chi connectivity index (χ4n) is 3.09. The minimum absolute atomic E-state index is 0.00153. The Labute approximate surface area is 201 Å². The van der Waals surface area contributed by atoms with Gasteiger partial charge in [-0.05, 0) is 17.7 Å². The molecule has 0 bridgehead atoms. The summed E-state index contributed by atoms with van der Waals surface area (Å²) in [7, 11) is 0. The molecule has 0 unspecified atom stereocenters. The number of nitrogens with one attached hydrogen (secondary N) is 5. The van der Waals surface area contributed by atoms with Crippen LogP contribution in [0.4, 0.5) is 4.39 Å². The molecule has 0 radical (unpaired) electrons. The van der Waals surface area contributed by atoms with Crippen LogP contribution in [0.5, 0.6) is 0 Å². The highest BCUT2D eigenvalue weighted by Crippen LogP contribution is 2.18. The molecule has 2 atom stereocenters. The van der Waals surface area contributed by atoms with Crippen LogP contribution in [0.25, 0.3) is 0 Å². The maximum atomic E-state index is 13.2. The van der Waals surface area contributed by atoms with Crippen molar-refractivity contribution in [3.8, 4) is 0 Å². The third-order valence-corrected chi connectivity index (χ3v) is 5.25. The Kier molecular flexibility index (Phi) is 9.62. The summed E-state index contributed by atoms with van der Waals surface area (Å²) in [5.41, 5.74) is -0.337. The molecule has 5 N–H and O–H groups in total. The highest BCUT2D eigenvalue weighted by atomic mass is 19.1. The normalized spacial score (nSPS) is 23.3. The lowest BCUT2D eigenvalue weighted by Gasteiger charge is -2.31. The van der Waals surface area contributed by atoms with Gasteiger partial charge < -0.3 is 31.4 Å². The van der Waals surface area contributed by atoms with Crippen molar-refractivity contribution in [3.63, 3.8) is 0 Å². The zero-order valence-electron chi connectivity index (χ0n) is 19.4. The van der Waals surface area contributed by atoms with Gasteiger partial charge in [0.05, 0.1) is 19.1 Å². The van der Waals surface area contributed by atoms with E-state index >= 15 is 0 Å². The van der Waals surface area contributed by atoms with Gasteiger partial charge in [0.25, 0.3) is 0 Å². The first-order chi connectivity index (χ1) is 16.5. The standard InChI is InChI=1S/C23H28FN5O6/c1-23(2)13-27-20(33)10-26-22(35)16(9-14-3-5-15(24)6-4-14)28-21(34)11-25-18(31)7-8-19(32)29-17(23)12-30/h3-8,12,16-17H,9-11,13H2,1-2H3,(H,25,31)(H,26,35)(H,27,33)(H,28,34)(H,29,32)/b8-7-/t16-,17+/m0/s1. The molecule has 0 spiro atoms. The Morgan fingerprint density at radius 3 is 2.17 bits per heavy atom. The summed E-state index contributed by atoms with van der Waals surface area (Å²) in [6, 6.07) is 3.23. The maximum Gasteiger partial charge on any atom is 0.244 e. The molecule has 5 amide bonds. The summed E-state index contributed by atoms with van der Waals surface area (Å²) >= 11 is 0. The third kappa shape index (κ3) is 8.99. The number of hydrogen-bond donors (Lipinski definition) is 5. The van der Waals surface area contributed by atoms with Crippen LogP contribution in [-0.2, 0) is 35.2 Å². The van der Waals surface area contributed by atoms with Crippen molar-refractivity contribution in [1.82, 2.24) is 26.6 Å². The van der Waals surface area contributed by atoms with E-state index in [1.54, 1.807) is 13.8 Å². The molecule has 11 nitrogen and oxygen atoms in total. The molecule has 1 aromatic rings. The SMILES string of the molecule is CC1(C)CNC(=O)CNC(=O)[C@H](Cc2ccc(F)cc2)NC(=O)CNC(=O)/C=C\C(=O)N[C@@H]1C=O. The zero-order chi connectivity index (χ0) is 26.0. The zero-order valence-corrected chi connectivity index (χ0v) is 19.4. The first kappa shape index (κ1) is 27.2. The van der Waals surface area contributed by atoms with Crippen LogP contribution in [0.1, 0.15) is 19.4 Å². The van der Waals surface area contributed by atoms with Gasteiger partial charge in [-0.15, -0.1) is 0 Å². The summed E-state index contributed by atoms with van der Waals surface area (Å²) < 4.78 is 13.2. The molecule has 0 fully saturated rings. The molecular weight excluding hydrogens is 461 g/mol. The number of carbonyl (C=O) groups is 6. The number of amides is 5. The number of hydrogen-bond acceptors (Lipinski definition) is 6. The second-order valence-corrected chi connectivity index (χ2v) is 8.61. The summed E-state index contributed by atoms with van der Waals surface area (Å²) in [6.45, 7) is 2.37. The molecule has 1 heterocycles. The fourth-order valence-corrected chi connectivity index (χ4v) is 3.09. The van der Waals surface area contributed by atoms with Gasteiger partial charge in [0.2, 0.25) is 29.5 Å². The molecule has 0 saturated carbocycles. The van der Waals surface area contributed by atoms with Crippen molar-refractivity contribution in [1.29, 1.82) is 0 Å². The van der Waals surface area contributed by atoms with Crippen molar-refractivity contribution in [3.05, 3.63) is 47.8 Å². The minimum Gasteiger partial charge on any atom is -0.354 e. The van der Waals surface area contributed by atoms with Crippen LogP contribution >= 0.6 is 0 Å². The van der Waals surface area contributed by atoms with E-state index in [-0.39, 0.29) is 13.0 Å². The highest BCUT2D eigenvalue weighted by molar-refractivity contribution is 5.99. The van der Waals surface area contributed by atoms with Crippen LogP contribution in [0.3, 0.4) is 0 Å². The lowest BCUT2D eigenvalue weighted by Crippen LogP contribution is -2.54. The van der Waals surface area contributed by atoms with Crippen molar-refractivity contribution in [2.75, 3.05) is 19.6 Å². The Balaban J connectivity index is 2.21. The summed E-state index contributed by atoms with van der Waals surface area (Å²) in [5, 5.41) is 12.2. The molecule has 12 heteroatoms. The highest BCUT2D eigenvalue weighted by Gasteiger charge is 2.31. The largest absolute Gasteiger partial charge is 0.354 e. The average Bonchev–Trinajstić information content (AvgIpc) is 2.82. The number of aldehydes is 1. The van der Waals surface area contributed by atoms with Crippen molar-refractivity contribution >= 4 is 35.8 Å². The van der Waals surface area contributed by atoms with Crippen LogP contribution in [0.2, 0.25) is 0 Å². The number of benzene rings is 1. The molecular formula is C23H28FN5O6. The molecule has 0 saturated heterocycles. The number of rotatable bonds is 3. The van der Waals surface area contributed by atoms with Gasteiger partial charge in [-0.3, -0.25) is 24.0 Å². The number of halogens is 1. The molecule has 35 heavy (non-hydrogen) atoms. The second-order valence-electron chi connectivity index (χ2n) is 8.61. The van der Waals surface area contributed by atoms with Gasteiger partial charge in [-0.2, -0.15) is 0 Å². The van der Waals surface area contributed by atoms with Crippen molar-refractivity contribution < 1.29 is 33.2 Å². The van der Waals surface area contributed by atoms with Gasteiger partial charge in [0, 0.05) is 30.5 Å². The molecule has 0 aliphatic carbocycles. The minimum atomic E-state index is -1.12. The summed E-state index contributed by atoms with van der Waals surface area (Å²) in [6.07, 6.45) is 2.32. The van der Waals surface area contributed by atoms with E-state index in [0.29, 0.717) is 11.8 Å². The quantitative estimate of drug-likeness (QED) is 0.324. The van der Waals surface area contributed by atoms with Crippen molar-refractivity contribution in [2.24, 2.45) is 5.41 Å². The molecule has 1 aromatic carbocycles. The van der Waals surface area contributed by atoms with E-state index in [1.807, 2.05) is 0 Å². The van der Waals surface area contributed by atoms with E-state index in [9.17, 15) is 33.2 Å². The van der Waals surface area contributed by atoms with Gasteiger partial charge in [-0.1, -0.05) is 26.0 Å². The van der Waals surface area contributed by atoms with E-state index in [1.165, 1.54) is 24.3 Å². The van der Waals surface area contributed by atoms with Gasteiger partial charge in [0.15, 0.2) is 0 Å². The van der Waals surface area contributed by atoms with E-state index < -0.39 is 65.9 Å². The van der Waals surface area contributed by atoms with Crippen LogP contribution in [-0.4, -0.2) is 67.5 Å². The monoisotopic (exact) mass is 489 g/mol. The van der Waals surface area contributed by atoms with E-state index in [0.717, 1.165) is 12.2 Å². The smallest absolute Gasteiger partial charge is 0.244 e. The van der Waals surface area contributed by atoms with Crippen LogP contribution < -0.4 is 26.6 Å². The molecule has 2 rings (SSSR count). The Morgan fingerprint density at radius 2 is 1.51 bits per heavy atom. The summed E-state index contributed by atoms with van der Waals surface area (Å²) in [5.74, 6) is -3.84. The van der Waals surface area contributed by atoms with Gasteiger partial charge in [-0.25, -0.2) is 4.39 Å². The predicted molar refractivity (Wildman–Crippen MR) is 122 cm³/mol. The Bertz CT molecular complexity index is 1010. The Hall–Kier alpha value is -4.09. The third-order valence-electron chi connectivity index (χ3n) is 5.25. The average molecular weight is 490 g/mol. The molecule has 0 aromatic heterocycles. The molecule has 1 aliphatic rings. The van der Waals surface area contributed by atoms with E-state index in [4.69, 9.17) is 0 Å². The molecule has 188 valence electrons. The fraction of sp³-hybridized carbons (Fsp3) is 0.391. The first-order valence-electron chi connectivity index (χ1n) is 10.8. The van der Waals surface area contributed by atoms with Crippen LogP contribution in [0, 0.1) is 11.2 Å². The maximum absolute atomic E-state index is 13.2. The lowest BCUT2D eigenvalue weighted by atomic mass is 9.85. The summed E-state index contributed by atoms with van der Waals surface area (Å²) in [4.78, 5) is 72.9. The number of carbonyl (C=O) groups excluding carboxylic acids is 6. The topological polar surface area (TPSA) is 163 Å². The lowest BCUT2D eigenvalue weighted by molar-refractivity contribution is -0.130. The second kappa shape index (κ2) is 12.4. The van der Waals surface area contributed by atoms with E-state index in [2.05, 4.69) is 26.6 Å². The predicted octanol–water partition coefficient (Wildman–Crippen LogP) is -1.52. The molecule has 1 aliphatic heterocycles. The van der Waals surface area contributed by atoms with Crippen molar-refractivity contribution in [2.45, 2.75) is 32.4 Å². The van der Waals surface area contributed by atoms with Gasteiger partial charge >= 0.3 is 0 Å². The first-order valence-corrected chi connectivity index (χ1v) is 10.8. The van der Waals surface area contributed by atoms with Crippen LogP contribution in [0.15, 0.2) is 36.4 Å².